The van der Waals surface area contributed by atoms with E-state index in [1.54, 1.807) is 7.11 Å². The fourth-order valence-electron chi connectivity index (χ4n) is 3.34. The van der Waals surface area contributed by atoms with Crippen LogP contribution in [0.4, 0.5) is 5.69 Å². The van der Waals surface area contributed by atoms with Gasteiger partial charge in [0.25, 0.3) is 0 Å². The van der Waals surface area contributed by atoms with Crippen molar-refractivity contribution in [3.8, 4) is 5.75 Å². The molecule has 0 spiro atoms. The quantitative estimate of drug-likeness (QED) is 0.914. The molecule has 0 saturated carbocycles. The standard InChI is InChI=1S/C19H28N4O/c1-14-12-20-19-16(6-5-7-17(19)24-4)18(14)21-13-15(2)23-10-8-22(3)9-11-23/h5-7,12,15H,8-11,13H2,1-4H3,(H,20,21). The van der Waals surface area contributed by atoms with Crippen LogP contribution < -0.4 is 10.1 Å². The van der Waals surface area contributed by atoms with E-state index in [9.17, 15) is 0 Å². The number of hydrogen-bond acceptors (Lipinski definition) is 5. The highest BCUT2D eigenvalue weighted by Crippen LogP contribution is 2.31. The normalized spacial score (nSPS) is 17.8. The van der Waals surface area contributed by atoms with Crippen LogP contribution in [0.2, 0.25) is 0 Å². The van der Waals surface area contributed by atoms with Gasteiger partial charge in [0.15, 0.2) is 0 Å². The molecule has 1 aliphatic heterocycles. The van der Waals surface area contributed by atoms with Crippen LogP contribution in [0, 0.1) is 6.92 Å². The number of likely N-dealkylation sites (N-methyl/N-ethyl adjacent to an activating group) is 1. The summed E-state index contributed by atoms with van der Waals surface area (Å²) in [5.41, 5.74) is 3.25. The average molecular weight is 328 g/mol. The van der Waals surface area contributed by atoms with Crippen LogP contribution in [0.25, 0.3) is 10.9 Å². The fourth-order valence-corrected chi connectivity index (χ4v) is 3.34. The molecule has 1 saturated heterocycles. The molecule has 1 aromatic heterocycles. The highest BCUT2D eigenvalue weighted by Gasteiger charge is 2.19. The molecule has 24 heavy (non-hydrogen) atoms. The van der Waals surface area contributed by atoms with Gasteiger partial charge in [0.2, 0.25) is 0 Å². The van der Waals surface area contributed by atoms with E-state index in [4.69, 9.17) is 4.74 Å². The second kappa shape index (κ2) is 7.36. The van der Waals surface area contributed by atoms with Crippen LogP contribution in [0.5, 0.6) is 5.75 Å². The number of nitrogens with one attached hydrogen (secondary N) is 1. The Morgan fingerprint density at radius 2 is 2.00 bits per heavy atom. The molecule has 2 heterocycles. The number of methoxy groups -OCH3 is 1. The molecule has 1 fully saturated rings. The Balaban J connectivity index is 1.76. The van der Waals surface area contributed by atoms with Crippen LogP contribution in [-0.2, 0) is 0 Å². The van der Waals surface area contributed by atoms with Crippen molar-refractivity contribution in [1.82, 2.24) is 14.8 Å². The summed E-state index contributed by atoms with van der Waals surface area (Å²) in [6.45, 7) is 9.93. The van der Waals surface area contributed by atoms with Gasteiger partial charge >= 0.3 is 0 Å². The van der Waals surface area contributed by atoms with Crippen molar-refractivity contribution >= 4 is 16.6 Å². The molecule has 2 aromatic rings. The molecule has 1 N–H and O–H groups in total. The third kappa shape index (κ3) is 3.47. The molecule has 1 unspecified atom stereocenters. The Bertz CT molecular complexity index is 695. The second-order valence-corrected chi connectivity index (χ2v) is 6.74. The number of nitrogens with zero attached hydrogens (tertiary/aromatic N) is 3. The van der Waals surface area contributed by atoms with Gasteiger partial charge in [-0.2, -0.15) is 0 Å². The number of para-hydroxylation sites is 1. The summed E-state index contributed by atoms with van der Waals surface area (Å²) in [5, 5.41) is 4.79. The Morgan fingerprint density at radius 3 is 2.71 bits per heavy atom. The molecule has 0 amide bonds. The predicted molar refractivity (Wildman–Crippen MR) is 100 cm³/mol. The molecule has 1 aliphatic rings. The van der Waals surface area contributed by atoms with Gasteiger partial charge in [-0.25, -0.2) is 0 Å². The van der Waals surface area contributed by atoms with Crippen molar-refractivity contribution in [3.63, 3.8) is 0 Å². The van der Waals surface area contributed by atoms with Crippen molar-refractivity contribution in [2.45, 2.75) is 19.9 Å². The number of pyridine rings is 1. The van der Waals surface area contributed by atoms with E-state index in [0.717, 1.165) is 49.4 Å². The van der Waals surface area contributed by atoms with Crippen molar-refractivity contribution in [2.75, 3.05) is 52.2 Å². The van der Waals surface area contributed by atoms with Gasteiger partial charge in [-0.1, -0.05) is 12.1 Å². The lowest BCUT2D eigenvalue weighted by Gasteiger charge is -2.36. The predicted octanol–water partition coefficient (Wildman–Crippen LogP) is 2.60. The van der Waals surface area contributed by atoms with Gasteiger partial charge in [0.05, 0.1) is 7.11 Å². The molecule has 0 bridgehead atoms. The van der Waals surface area contributed by atoms with Crippen LogP contribution in [-0.4, -0.2) is 67.7 Å². The van der Waals surface area contributed by atoms with Crippen molar-refractivity contribution < 1.29 is 4.74 Å². The zero-order valence-corrected chi connectivity index (χ0v) is 15.2. The number of fused-ring (bicyclic) bond motifs is 1. The van der Waals surface area contributed by atoms with E-state index >= 15 is 0 Å². The zero-order chi connectivity index (χ0) is 17.1. The molecule has 3 rings (SSSR count). The van der Waals surface area contributed by atoms with Crippen LogP contribution in [0.15, 0.2) is 24.4 Å². The number of piperazine rings is 1. The highest BCUT2D eigenvalue weighted by molar-refractivity contribution is 5.96. The summed E-state index contributed by atoms with van der Waals surface area (Å²) in [5.74, 6) is 0.822. The molecule has 1 aromatic carbocycles. The van der Waals surface area contributed by atoms with Crippen LogP contribution in [0.3, 0.4) is 0 Å². The molecular weight excluding hydrogens is 300 g/mol. The van der Waals surface area contributed by atoms with Gasteiger partial charge in [-0.3, -0.25) is 9.88 Å². The van der Waals surface area contributed by atoms with E-state index in [-0.39, 0.29) is 0 Å². The lowest BCUT2D eigenvalue weighted by Crippen LogP contribution is -2.49. The molecule has 0 aliphatic carbocycles. The summed E-state index contributed by atoms with van der Waals surface area (Å²) >= 11 is 0. The monoisotopic (exact) mass is 328 g/mol. The lowest BCUT2D eigenvalue weighted by atomic mass is 10.1. The largest absolute Gasteiger partial charge is 0.494 e. The molecule has 5 nitrogen and oxygen atoms in total. The maximum Gasteiger partial charge on any atom is 0.145 e. The number of anilines is 1. The number of ether oxygens (including phenoxy) is 1. The summed E-state index contributed by atoms with van der Waals surface area (Å²) in [6.07, 6.45) is 1.92. The van der Waals surface area contributed by atoms with Crippen molar-refractivity contribution in [2.24, 2.45) is 0 Å². The third-order valence-corrected chi connectivity index (χ3v) is 5.01. The number of aryl methyl sites for hydroxylation is 1. The van der Waals surface area contributed by atoms with E-state index in [2.05, 4.69) is 47.1 Å². The molecule has 0 radical (unpaired) electrons. The minimum Gasteiger partial charge on any atom is -0.494 e. The Hall–Kier alpha value is -1.85. The first-order valence-corrected chi connectivity index (χ1v) is 8.69. The van der Waals surface area contributed by atoms with Gasteiger partial charge < -0.3 is 15.0 Å². The van der Waals surface area contributed by atoms with E-state index in [1.807, 2.05) is 18.3 Å². The number of aromatic nitrogens is 1. The van der Waals surface area contributed by atoms with E-state index in [0.29, 0.717) is 6.04 Å². The first kappa shape index (κ1) is 17.0. The van der Waals surface area contributed by atoms with Crippen LogP contribution in [0.1, 0.15) is 12.5 Å². The van der Waals surface area contributed by atoms with Crippen molar-refractivity contribution in [1.29, 1.82) is 0 Å². The molecule has 130 valence electrons. The highest BCUT2D eigenvalue weighted by atomic mass is 16.5. The Kier molecular flexibility index (Phi) is 5.21. The SMILES string of the molecule is COc1cccc2c(NCC(C)N3CCN(C)CC3)c(C)cnc12. The molecule has 5 heteroatoms. The minimum absolute atomic E-state index is 0.506. The summed E-state index contributed by atoms with van der Waals surface area (Å²) in [4.78, 5) is 9.51. The first-order valence-electron chi connectivity index (χ1n) is 8.69. The smallest absolute Gasteiger partial charge is 0.145 e. The van der Waals surface area contributed by atoms with Crippen LogP contribution >= 0.6 is 0 Å². The lowest BCUT2D eigenvalue weighted by molar-refractivity contribution is 0.123. The topological polar surface area (TPSA) is 40.6 Å². The second-order valence-electron chi connectivity index (χ2n) is 6.74. The number of rotatable bonds is 5. The third-order valence-electron chi connectivity index (χ3n) is 5.01. The van der Waals surface area contributed by atoms with Gasteiger partial charge in [-0.05, 0) is 32.5 Å². The average Bonchev–Trinajstić information content (AvgIpc) is 2.60. The minimum atomic E-state index is 0.506. The van der Waals surface area contributed by atoms with Crippen molar-refractivity contribution in [3.05, 3.63) is 30.0 Å². The molecule has 1 atom stereocenters. The summed E-state index contributed by atoms with van der Waals surface area (Å²) in [6, 6.07) is 6.60. The van der Waals surface area contributed by atoms with Gasteiger partial charge in [0, 0.05) is 56.0 Å². The zero-order valence-electron chi connectivity index (χ0n) is 15.2. The van der Waals surface area contributed by atoms with Gasteiger partial charge in [0.1, 0.15) is 11.3 Å². The number of benzene rings is 1. The number of hydrogen-bond donors (Lipinski definition) is 1. The molecular formula is C19H28N4O. The maximum atomic E-state index is 5.45. The summed E-state index contributed by atoms with van der Waals surface area (Å²) in [7, 11) is 3.89. The Labute approximate surface area is 144 Å². The Morgan fingerprint density at radius 1 is 1.25 bits per heavy atom. The fraction of sp³-hybridized carbons (Fsp3) is 0.526. The van der Waals surface area contributed by atoms with E-state index in [1.165, 1.54) is 11.3 Å². The van der Waals surface area contributed by atoms with Gasteiger partial charge in [-0.15, -0.1) is 0 Å². The van der Waals surface area contributed by atoms with E-state index < -0.39 is 0 Å². The summed E-state index contributed by atoms with van der Waals surface area (Å²) < 4.78 is 5.45. The maximum absolute atomic E-state index is 5.45. The first-order chi connectivity index (χ1) is 11.6.